The number of ether oxygens (including phenoxy) is 3. The molecule has 0 bridgehead atoms. The van der Waals surface area contributed by atoms with Gasteiger partial charge in [-0.25, -0.2) is 4.79 Å². The molecule has 0 aliphatic carbocycles. The molecule has 5 atom stereocenters. The van der Waals surface area contributed by atoms with Crippen molar-refractivity contribution in [2.75, 3.05) is 20.2 Å². The first kappa shape index (κ1) is 34.0. The Balaban J connectivity index is 1.35. The van der Waals surface area contributed by atoms with Crippen molar-refractivity contribution >= 4 is 6.09 Å². The number of likely N-dealkylation sites (N-methyl/N-ethyl adjacent to an activating group) is 1. The maximum atomic E-state index is 11.9. The molecule has 0 radical (unpaired) electrons. The van der Waals surface area contributed by atoms with Crippen molar-refractivity contribution in [3.8, 4) is 11.1 Å². The molecule has 8 heteroatoms. The third-order valence-electron chi connectivity index (χ3n) is 8.59. The minimum atomic E-state index is -0.640. The number of carbonyl (C=O) groups is 1. The van der Waals surface area contributed by atoms with Crippen LogP contribution in [0, 0.1) is 0 Å². The van der Waals surface area contributed by atoms with Crippen molar-refractivity contribution in [3.05, 3.63) is 144 Å². The zero-order chi connectivity index (χ0) is 33.2. The van der Waals surface area contributed by atoms with Gasteiger partial charge in [-0.15, -0.1) is 0 Å². The Kier molecular flexibility index (Phi) is 11.9. The molecule has 3 N–H and O–H groups in total. The largest absolute Gasteiger partial charge is 0.445 e. The Bertz CT molecular complexity index is 1590. The highest BCUT2D eigenvalue weighted by Crippen LogP contribution is 2.39. The van der Waals surface area contributed by atoms with Gasteiger partial charge in [0.25, 0.3) is 0 Å². The fraction of sp³-hybridized carbons (Fsp3) is 0.308. The number of carbonyl (C=O) groups excluding carboxylic acids is 1. The van der Waals surface area contributed by atoms with Gasteiger partial charge in [0.1, 0.15) is 6.61 Å². The third-order valence-corrected chi connectivity index (χ3v) is 8.59. The lowest BCUT2D eigenvalue weighted by molar-refractivity contribution is -0.253. The molecule has 1 fully saturated rings. The normalized spacial score (nSPS) is 19.1. The molecule has 1 amide bonds. The van der Waals surface area contributed by atoms with E-state index in [1.54, 1.807) is 0 Å². The van der Waals surface area contributed by atoms with Crippen molar-refractivity contribution in [3.63, 3.8) is 0 Å². The number of rotatable bonds is 13. The van der Waals surface area contributed by atoms with Gasteiger partial charge >= 0.3 is 6.09 Å². The quantitative estimate of drug-likeness (QED) is 0.138. The zero-order valence-electron chi connectivity index (χ0n) is 27.0. The summed E-state index contributed by atoms with van der Waals surface area (Å²) in [5.41, 5.74) is 6.56. The number of nitrogens with one attached hydrogen (secondary N) is 1. The summed E-state index contributed by atoms with van der Waals surface area (Å²) in [4.78, 5) is 14.0. The van der Waals surface area contributed by atoms with Gasteiger partial charge in [-0.3, -0.25) is 4.90 Å². The first-order valence-corrected chi connectivity index (χ1v) is 16.0. The second-order valence-electron chi connectivity index (χ2n) is 12.0. The molecule has 8 nitrogen and oxygen atoms in total. The fourth-order valence-electron chi connectivity index (χ4n) is 5.78. The Morgan fingerprint density at radius 1 is 0.957 bits per heavy atom. The third kappa shape index (κ3) is 9.16. The van der Waals surface area contributed by atoms with Crippen LogP contribution in [0.3, 0.4) is 0 Å². The van der Waals surface area contributed by atoms with Crippen LogP contribution in [0.25, 0.3) is 11.1 Å². The van der Waals surface area contributed by atoms with E-state index in [4.69, 9.17) is 14.2 Å². The first-order valence-electron chi connectivity index (χ1n) is 16.0. The van der Waals surface area contributed by atoms with Crippen LogP contribution in [0.1, 0.15) is 59.7 Å². The van der Waals surface area contributed by atoms with Gasteiger partial charge in [0.15, 0.2) is 6.29 Å². The summed E-state index contributed by atoms with van der Waals surface area (Å²) in [5.74, 6) is 0. The fourth-order valence-corrected chi connectivity index (χ4v) is 5.78. The highest BCUT2D eigenvalue weighted by molar-refractivity contribution is 5.68. The van der Waals surface area contributed by atoms with E-state index in [2.05, 4.69) is 22.9 Å². The Morgan fingerprint density at radius 2 is 1.68 bits per heavy atom. The minimum Gasteiger partial charge on any atom is -0.445 e. The average molecular weight is 637 g/mol. The van der Waals surface area contributed by atoms with Gasteiger partial charge in [-0.05, 0) is 59.5 Å². The van der Waals surface area contributed by atoms with Crippen LogP contribution in [0.2, 0.25) is 0 Å². The van der Waals surface area contributed by atoms with E-state index in [9.17, 15) is 15.0 Å². The number of nitrogens with zero attached hydrogens (tertiary/aromatic N) is 1. The molecule has 0 saturated carbocycles. The molecule has 5 rings (SSSR count). The Hall–Kier alpha value is -4.31. The predicted molar refractivity (Wildman–Crippen MR) is 182 cm³/mol. The van der Waals surface area contributed by atoms with E-state index in [0.29, 0.717) is 19.5 Å². The number of aliphatic hydroxyl groups excluding tert-OH is 2. The van der Waals surface area contributed by atoms with Crippen LogP contribution < -0.4 is 5.32 Å². The minimum absolute atomic E-state index is 0.0178. The summed E-state index contributed by atoms with van der Waals surface area (Å²) in [5, 5.41) is 23.4. The van der Waals surface area contributed by atoms with Crippen molar-refractivity contribution in [1.29, 1.82) is 0 Å². The van der Waals surface area contributed by atoms with Gasteiger partial charge in [-0.2, -0.15) is 0 Å². The van der Waals surface area contributed by atoms with Gasteiger partial charge in [0.2, 0.25) is 0 Å². The predicted octanol–water partition coefficient (Wildman–Crippen LogP) is 6.86. The molecule has 4 aromatic rings. The smallest absolute Gasteiger partial charge is 0.407 e. The summed E-state index contributed by atoms with van der Waals surface area (Å²) in [6, 6.07) is 33.5. The van der Waals surface area contributed by atoms with Crippen molar-refractivity contribution in [2.45, 2.75) is 57.1 Å². The number of hydrogen-bond donors (Lipinski definition) is 3. The van der Waals surface area contributed by atoms with Crippen molar-refractivity contribution < 1.29 is 29.2 Å². The van der Waals surface area contributed by atoms with E-state index in [1.165, 1.54) is 6.08 Å². The average Bonchev–Trinajstić information content (AvgIpc) is 3.12. The lowest BCUT2D eigenvalue weighted by atomic mass is 9.97. The molecule has 0 spiro atoms. The maximum absolute atomic E-state index is 11.9. The molecule has 1 aliphatic rings. The van der Waals surface area contributed by atoms with Crippen LogP contribution in [-0.4, -0.2) is 53.6 Å². The highest BCUT2D eigenvalue weighted by Gasteiger charge is 2.34. The van der Waals surface area contributed by atoms with E-state index < -0.39 is 18.5 Å². The highest BCUT2D eigenvalue weighted by atomic mass is 16.7. The van der Waals surface area contributed by atoms with Gasteiger partial charge in [-0.1, -0.05) is 104 Å². The van der Waals surface area contributed by atoms with E-state index in [1.807, 2.05) is 111 Å². The molecular weight excluding hydrogens is 592 g/mol. The number of amides is 1. The second-order valence-corrected chi connectivity index (χ2v) is 12.0. The van der Waals surface area contributed by atoms with E-state index >= 15 is 0 Å². The molecule has 0 aromatic heterocycles. The molecule has 1 aliphatic heterocycles. The SMILES string of the molecule is C=CCOC(=O)NCc1cccc(-c2cccc(C3OC(CN(C)C(C)C(O)c4ccccc4)CC(c4ccc(CO)cc4)O3)c2)c1. The van der Waals surface area contributed by atoms with Crippen molar-refractivity contribution in [1.82, 2.24) is 10.2 Å². The summed E-state index contributed by atoms with van der Waals surface area (Å²) in [6.45, 7) is 6.66. The lowest BCUT2D eigenvalue weighted by Crippen LogP contribution is -2.43. The first-order chi connectivity index (χ1) is 22.8. The van der Waals surface area contributed by atoms with Gasteiger partial charge in [0.05, 0.1) is 24.9 Å². The molecule has 5 unspecified atom stereocenters. The van der Waals surface area contributed by atoms with Gasteiger partial charge in [0, 0.05) is 31.1 Å². The number of hydrogen-bond acceptors (Lipinski definition) is 7. The van der Waals surface area contributed by atoms with Crippen LogP contribution >= 0.6 is 0 Å². The molecule has 246 valence electrons. The van der Waals surface area contributed by atoms with E-state index in [0.717, 1.165) is 38.9 Å². The van der Waals surface area contributed by atoms with Crippen molar-refractivity contribution in [2.24, 2.45) is 0 Å². The van der Waals surface area contributed by atoms with Gasteiger partial charge < -0.3 is 29.7 Å². The Morgan fingerprint density at radius 3 is 2.40 bits per heavy atom. The molecule has 1 saturated heterocycles. The summed E-state index contributed by atoms with van der Waals surface area (Å²) >= 11 is 0. The molecular formula is C39H44N2O6. The number of aliphatic hydroxyl groups is 2. The number of benzene rings is 4. The second kappa shape index (κ2) is 16.5. The Labute approximate surface area is 277 Å². The van der Waals surface area contributed by atoms with Crippen LogP contribution in [0.15, 0.2) is 116 Å². The summed E-state index contributed by atoms with van der Waals surface area (Å²) < 4.78 is 18.3. The summed E-state index contributed by atoms with van der Waals surface area (Å²) in [6.07, 6.45) is 0.00609. The number of alkyl carbamates (subject to hydrolysis) is 1. The maximum Gasteiger partial charge on any atom is 0.407 e. The topological polar surface area (TPSA) is 100 Å². The van der Waals surface area contributed by atoms with Crippen LogP contribution in [0.4, 0.5) is 4.79 Å². The molecule has 47 heavy (non-hydrogen) atoms. The monoisotopic (exact) mass is 636 g/mol. The van der Waals surface area contributed by atoms with Crippen LogP contribution in [0.5, 0.6) is 0 Å². The molecule has 4 aromatic carbocycles. The standard InChI is InChI=1S/C39H44N2O6/c1-4-20-45-39(44)40-24-29-10-8-13-32(21-29)33-14-9-15-34(22-33)38-46-35(23-36(47-38)30-18-16-28(26-42)17-19-30)25-41(3)27(2)37(43)31-11-6-5-7-12-31/h4-19,21-22,27,35-38,42-43H,1,20,23-26H2,2-3H3,(H,40,44). The van der Waals surface area contributed by atoms with Crippen LogP contribution in [-0.2, 0) is 27.4 Å². The zero-order valence-corrected chi connectivity index (χ0v) is 27.0. The molecule has 1 heterocycles. The lowest BCUT2D eigenvalue weighted by Gasteiger charge is -2.39. The summed E-state index contributed by atoms with van der Waals surface area (Å²) in [7, 11) is 2.01. The van der Waals surface area contributed by atoms with E-state index in [-0.39, 0.29) is 31.5 Å².